The molecule has 2 heteroatoms. The van der Waals surface area contributed by atoms with Gasteiger partial charge in [-0.1, -0.05) is 46.5 Å². The van der Waals surface area contributed by atoms with E-state index in [0.717, 1.165) is 12.5 Å². The van der Waals surface area contributed by atoms with E-state index in [9.17, 15) is 0 Å². The molecule has 0 heterocycles. The summed E-state index contributed by atoms with van der Waals surface area (Å²) >= 11 is 0. The zero-order chi connectivity index (χ0) is 13.3. The highest BCUT2D eigenvalue weighted by Crippen LogP contribution is 2.20. The summed E-state index contributed by atoms with van der Waals surface area (Å²) in [6, 6.07) is 1.18. The van der Waals surface area contributed by atoms with Crippen LogP contribution in [0.2, 0.25) is 0 Å². The van der Waals surface area contributed by atoms with Crippen LogP contribution in [0.3, 0.4) is 0 Å². The van der Waals surface area contributed by atoms with Crippen molar-refractivity contribution in [2.75, 3.05) is 13.1 Å². The van der Waals surface area contributed by atoms with E-state index in [1.807, 2.05) is 0 Å². The predicted octanol–water partition coefficient (Wildman–Crippen LogP) is 3.65. The summed E-state index contributed by atoms with van der Waals surface area (Å²) in [6.45, 7) is 13.5. The van der Waals surface area contributed by atoms with E-state index in [-0.39, 0.29) is 0 Å². The molecule has 104 valence electrons. The normalized spacial score (nSPS) is 13.9. The Morgan fingerprint density at radius 2 is 1.59 bits per heavy atom. The van der Waals surface area contributed by atoms with E-state index in [4.69, 9.17) is 5.73 Å². The number of nitrogens with zero attached hydrogens (tertiary/aromatic N) is 1. The number of hydrogen-bond acceptors (Lipinski definition) is 2. The molecule has 2 N–H and O–H groups in total. The summed E-state index contributed by atoms with van der Waals surface area (Å²) in [6.07, 6.45) is 6.43. The molecule has 0 bridgehead atoms. The van der Waals surface area contributed by atoms with E-state index in [0.29, 0.717) is 12.1 Å². The highest BCUT2D eigenvalue weighted by molar-refractivity contribution is 4.81. The van der Waals surface area contributed by atoms with E-state index < -0.39 is 0 Å². The van der Waals surface area contributed by atoms with Crippen LogP contribution in [-0.2, 0) is 0 Å². The van der Waals surface area contributed by atoms with Gasteiger partial charge in [0.25, 0.3) is 0 Å². The van der Waals surface area contributed by atoms with Gasteiger partial charge in [0.1, 0.15) is 0 Å². The Labute approximate surface area is 109 Å². The minimum Gasteiger partial charge on any atom is -0.329 e. The summed E-state index contributed by atoms with van der Waals surface area (Å²) in [5.74, 6) is 0.754. The van der Waals surface area contributed by atoms with Crippen molar-refractivity contribution in [1.82, 2.24) is 4.90 Å². The minimum atomic E-state index is 0.571. The van der Waals surface area contributed by atoms with E-state index >= 15 is 0 Å². The molecule has 2 nitrogen and oxygen atoms in total. The van der Waals surface area contributed by atoms with Crippen LogP contribution in [0.25, 0.3) is 0 Å². The van der Waals surface area contributed by atoms with Crippen LogP contribution in [0.15, 0.2) is 0 Å². The molecule has 0 aromatic carbocycles. The molecule has 0 fully saturated rings. The average molecular weight is 242 g/mol. The second-order valence-electron chi connectivity index (χ2n) is 5.42. The standard InChI is InChI=1S/C15H34N2/c1-6-9-10-11-17(13(4)5)15(12-16)14(7-2)8-3/h13-15H,6-12,16H2,1-5H3. The minimum absolute atomic E-state index is 0.571. The topological polar surface area (TPSA) is 29.3 Å². The molecule has 0 aromatic heterocycles. The SMILES string of the molecule is CCCCCN(C(C)C)C(CN)C(CC)CC. The smallest absolute Gasteiger partial charge is 0.0249 e. The molecule has 17 heavy (non-hydrogen) atoms. The fourth-order valence-corrected chi connectivity index (χ4v) is 2.78. The van der Waals surface area contributed by atoms with E-state index in [1.54, 1.807) is 0 Å². The van der Waals surface area contributed by atoms with Crippen LogP contribution < -0.4 is 5.73 Å². The summed E-state index contributed by atoms with van der Waals surface area (Å²) in [7, 11) is 0. The predicted molar refractivity (Wildman–Crippen MR) is 78.3 cm³/mol. The lowest BCUT2D eigenvalue weighted by atomic mass is 9.91. The number of rotatable bonds is 10. The van der Waals surface area contributed by atoms with Crippen molar-refractivity contribution in [3.8, 4) is 0 Å². The maximum Gasteiger partial charge on any atom is 0.0249 e. The molecule has 0 aliphatic carbocycles. The van der Waals surface area contributed by atoms with Crippen LogP contribution in [-0.4, -0.2) is 30.1 Å². The van der Waals surface area contributed by atoms with Gasteiger partial charge in [-0.15, -0.1) is 0 Å². The maximum atomic E-state index is 6.03. The average Bonchev–Trinajstić information content (AvgIpc) is 2.32. The van der Waals surface area contributed by atoms with Gasteiger partial charge in [-0.25, -0.2) is 0 Å². The first kappa shape index (κ1) is 16.9. The van der Waals surface area contributed by atoms with Gasteiger partial charge in [0.05, 0.1) is 0 Å². The van der Waals surface area contributed by atoms with Gasteiger partial charge in [0.2, 0.25) is 0 Å². The quantitative estimate of drug-likeness (QED) is 0.593. The molecule has 0 radical (unpaired) electrons. The van der Waals surface area contributed by atoms with Crippen molar-refractivity contribution in [1.29, 1.82) is 0 Å². The van der Waals surface area contributed by atoms with Gasteiger partial charge in [-0.2, -0.15) is 0 Å². The number of hydrogen-bond donors (Lipinski definition) is 1. The summed E-state index contributed by atoms with van der Waals surface area (Å²) < 4.78 is 0. The van der Waals surface area contributed by atoms with Crippen LogP contribution >= 0.6 is 0 Å². The molecule has 0 aliphatic heterocycles. The molecule has 0 rings (SSSR count). The molecule has 1 unspecified atom stereocenters. The Balaban J connectivity index is 4.50. The molecule has 1 atom stereocenters. The fourth-order valence-electron chi connectivity index (χ4n) is 2.78. The number of nitrogens with two attached hydrogens (primary N) is 1. The van der Waals surface area contributed by atoms with Gasteiger partial charge in [0.15, 0.2) is 0 Å². The van der Waals surface area contributed by atoms with Gasteiger partial charge in [-0.05, 0) is 32.7 Å². The van der Waals surface area contributed by atoms with Crippen molar-refractivity contribution in [3.05, 3.63) is 0 Å². The molecule has 0 saturated carbocycles. The third-order valence-corrected chi connectivity index (χ3v) is 3.94. The molecule has 0 amide bonds. The van der Waals surface area contributed by atoms with Gasteiger partial charge in [-0.3, -0.25) is 4.90 Å². The Kier molecular flexibility index (Phi) is 9.85. The lowest BCUT2D eigenvalue weighted by molar-refractivity contribution is 0.104. The van der Waals surface area contributed by atoms with Crippen molar-refractivity contribution < 1.29 is 0 Å². The summed E-state index contributed by atoms with van der Waals surface area (Å²) in [4.78, 5) is 2.63. The molecule has 0 spiro atoms. The highest BCUT2D eigenvalue weighted by atomic mass is 15.2. The fraction of sp³-hybridized carbons (Fsp3) is 1.00. The maximum absolute atomic E-state index is 6.03. The Hall–Kier alpha value is -0.0800. The van der Waals surface area contributed by atoms with Crippen molar-refractivity contribution >= 4 is 0 Å². The summed E-state index contributed by atoms with van der Waals surface area (Å²) in [5, 5.41) is 0. The number of unbranched alkanes of at least 4 members (excludes halogenated alkanes) is 2. The van der Waals surface area contributed by atoms with Gasteiger partial charge in [0, 0.05) is 18.6 Å². The third kappa shape index (κ3) is 5.87. The van der Waals surface area contributed by atoms with Crippen LogP contribution in [0.5, 0.6) is 0 Å². The summed E-state index contributed by atoms with van der Waals surface area (Å²) in [5.41, 5.74) is 6.03. The zero-order valence-corrected chi connectivity index (χ0v) is 12.7. The van der Waals surface area contributed by atoms with Crippen LogP contribution in [0.1, 0.15) is 66.7 Å². The van der Waals surface area contributed by atoms with Crippen LogP contribution in [0, 0.1) is 5.92 Å². The first-order valence-electron chi connectivity index (χ1n) is 7.57. The largest absolute Gasteiger partial charge is 0.329 e. The second-order valence-corrected chi connectivity index (χ2v) is 5.42. The third-order valence-electron chi connectivity index (χ3n) is 3.94. The lowest BCUT2D eigenvalue weighted by Crippen LogP contribution is -2.49. The van der Waals surface area contributed by atoms with E-state index in [1.165, 1.54) is 38.6 Å². The van der Waals surface area contributed by atoms with Gasteiger partial charge >= 0.3 is 0 Å². The molecule has 0 aliphatic rings. The van der Waals surface area contributed by atoms with Crippen LogP contribution in [0.4, 0.5) is 0 Å². The zero-order valence-electron chi connectivity index (χ0n) is 12.7. The molecular weight excluding hydrogens is 208 g/mol. The monoisotopic (exact) mass is 242 g/mol. The first-order chi connectivity index (χ1) is 8.12. The lowest BCUT2D eigenvalue weighted by Gasteiger charge is -2.38. The van der Waals surface area contributed by atoms with Crippen molar-refractivity contribution in [2.45, 2.75) is 78.8 Å². The molecule has 0 saturated heterocycles. The second kappa shape index (κ2) is 9.90. The Morgan fingerprint density at radius 1 is 1.00 bits per heavy atom. The Bertz CT molecular complexity index is 164. The van der Waals surface area contributed by atoms with E-state index in [2.05, 4.69) is 39.5 Å². The van der Waals surface area contributed by atoms with Gasteiger partial charge < -0.3 is 5.73 Å². The first-order valence-corrected chi connectivity index (χ1v) is 7.57. The molecule has 0 aromatic rings. The van der Waals surface area contributed by atoms with Crippen molar-refractivity contribution in [3.63, 3.8) is 0 Å². The van der Waals surface area contributed by atoms with Crippen molar-refractivity contribution in [2.24, 2.45) is 11.7 Å². The molecular formula is C15H34N2. The highest BCUT2D eigenvalue weighted by Gasteiger charge is 2.25. The Morgan fingerprint density at radius 3 is 1.94 bits per heavy atom.